The zero-order valence-electron chi connectivity index (χ0n) is 18.8. The lowest BCUT2D eigenvalue weighted by molar-refractivity contribution is -0.167. The number of hydrogen-bond donors (Lipinski definition) is 2. The van der Waals surface area contributed by atoms with Gasteiger partial charge in [-0.1, -0.05) is 0 Å². The summed E-state index contributed by atoms with van der Waals surface area (Å²) in [5.41, 5.74) is 0. The topological polar surface area (TPSA) is 138 Å². The van der Waals surface area contributed by atoms with E-state index in [1.807, 2.05) is 6.92 Å². The third-order valence-electron chi connectivity index (χ3n) is 3.41. The predicted molar refractivity (Wildman–Crippen MR) is 116 cm³/mol. The van der Waals surface area contributed by atoms with Crippen LogP contribution in [0.2, 0.25) is 0 Å². The van der Waals surface area contributed by atoms with E-state index in [2.05, 4.69) is 4.74 Å². The molecule has 180 valence electrons. The van der Waals surface area contributed by atoms with Gasteiger partial charge in [-0.2, -0.15) is 8.46 Å². The molecule has 0 aliphatic carbocycles. The quantitative estimate of drug-likeness (QED) is 0.129. The van der Waals surface area contributed by atoms with E-state index in [1.165, 1.54) is 7.11 Å². The van der Waals surface area contributed by atoms with Crippen molar-refractivity contribution in [3.63, 3.8) is 0 Å². The molecule has 0 bridgehead atoms. The second-order valence-electron chi connectivity index (χ2n) is 6.49. The second kappa shape index (κ2) is 22.0. The maximum absolute atomic E-state index is 11.5. The zero-order valence-corrected chi connectivity index (χ0v) is 19.8. The molecule has 12 heteroatoms. The molecule has 10 nitrogen and oxygen atoms in total. The standard InChI is InChI=1S/C13H24BO6P.C4H6O2.C2H6O2/c1-10(17-3)8-13(16)20-11(2)9-12(15)19-5-4-18-6-7-21-14;1-3-2-4(5)6-3;3-1-2-4/h10-11,21H,4-9H2,1-3H3;3H,2H2,1H3;3-4H,1-2H2. The number of carbonyl (C=O) groups excluding carboxylic acids is 3. The molecule has 4 unspecified atom stereocenters. The predicted octanol–water partition coefficient (Wildman–Crippen LogP) is 0.348. The van der Waals surface area contributed by atoms with Gasteiger partial charge in [0.25, 0.3) is 0 Å². The van der Waals surface area contributed by atoms with Crippen LogP contribution in [0.3, 0.4) is 0 Å². The summed E-state index contributed by atoms with van der Waals surface area (Å²) in [7, 11) is 7.23. The van der Waals surface area contributed by atoms with Crippen LogP contribution >= 0.6 is 8.46 Å². The van der Waals surface area contributed by atoms with Gasteiger partial charge in [-0.05, 0) is 26.9 Å². The molecule has 31 heavy (non-hydrogen) atoms. The van der Waals surface area contributed by atoms with Gasteiger partial charge in [0.15, 0.2) is 0 Å². The molecule has 2 N–H and O–H groups in total. The van der Waals surface area contributed by atoms with Gasteiger partial charge in [0.2, 0.25) is 0 Å². The van der Waals surface area contributed by atoms with Crippen LogP contribution in [0.5, 0.6) is 0 Å². The molecule has 0 aromatic carbocycles. The minimum absolute atomic E-state index is 0.0251. The number of ether oxygens (including phenoxy) is 5. The Labute approximate surface area is 187 Å². The highest BCUT2D eigenvalue weighted by Crippen LogP contribution is 2.10. The number of carbonyl (C=O) groups is 3. The fourth-order valence-corrected chi connectivity index (χ4v) is 2.09. The molecule has 0 spiro atoms. The summed E-state index contributed by atoms with van der Waals surface area (Å²) in [4.78, 5) is 32.9. The first-order chi connectivity index (χ1) is 14.7. The molecular formula is C19H36BO10P. The van der Waals surface area contributed by atoms with Crippen molar-refractivity contribution in [2.75, 3.05) is 46.3 Å². The minimum Gasteiger partial charge on any atom is -0.463 e. The third kappa shape index (κ3) is 23.2. The van der Waals surface area contributed by atoms with Gasteiger partial charge < -0.3 is 33.9 Å². The van der Waals surface area contributed by atoms with Crippen molar-refractivity contribution >= 4 is 33.9 Å². The minimum atomic E-state index is -0.520. The molecular weight excluding hydrogens is 430 g/mol. The third-order valence-corrected chi connectivity index (χ3v) is 3.90. The molecule has 0 amide bonds. The summed E-state index contributed by atoms with van der Waals surface area (Å²) >= 11 is 0. The summed E-state index contributed by atoms with van der Waals surface area (Å²) in [6.45, 7) is 6.14. The lowest BCUT2D eigenvalue weighted by Gasteiger charge is -2.20. The normalized spacial score (nSPS) is 16.6. The van der Waals surface area contributed by atoms with Gasteiger partial charge in [-0.25, -0.2) is 0 Å². The highest BCUT2D eigenvalue weighted by Gasteiger charge is 2.22. The Kier molecular flexibility index (Phi) is 22.6. The summed E-state index contributed by atoms with van der Waals surface area (Å²) in [6, 6.07) is 0. The van der Waals surface area contributed by atoms with Crippen molar-refractivity contribution in [3.05, 3.63) is 0 Å². The number of aliphatic hydroxyl groups excluding tert-OH is 2. The van der Waals surface area contributed by atoms with Crippen LogP contribution < -0.4 is 0 Å². The SMILES string of the molecule is CC1CC(=O)O1.OCCO.[B]PCCOCCOC(=O)CC(C)OC(=O)CC(C)OC. The van der Waals surface area contributed by atoms with E-state index in [0.29, 0.717) is 28.1 Å². The first-order valence-electron chi connectivity index (χ1n) is 10.00. The van der Waals surface area contributed by atoms with Crippen LogP contribution in [0.15, 0.2) is 0 Å². The molecule has 0 aromatic heterocycles. The smallest absolute Gasteiger partial charge is 0.309 e. The lowest BCUT2D eigenvalue weighted by Crippen LogP contribution is -2.29. The number of rotatable bonds is 13. The van der Waals surface area contributed by atoms with Gasteiger partial charge in [-0.3, -0.25) is 14.4 Å². The van der Waals surface area contributed by atoms with Crippen LogP contribution in [-0.2, 0) is 38.1 Å². The average Bonchev–Trinajstić information content (AvgIpc) is 2.70. The van der Waals surface area contributed by atoms with Crippen molar-refractivity contribution in [1.29, 1.82) is 0 Å². The van der Waals surface area contributed by atoms with Crippen molar-refractivity contribution in [2.45, 2.75) is 58.3 Å². The highest BCUT2D eigenvalue weighted by atomic mass is 31.1. The van der Waals surface area contributed by atoms with Gasteiger partial charge in [0, 0.05) is 13.7 Å². The summed E-state index contributed by atoms with van der Waals surface area (Å²) in [5, 5.41) is 15.2. The molecule has 1 saturated heterocycles. The molecule has 0 aromatic rings. The average molecular weight is 466 g/mol. The maximum Gasteiger partial charge on any atom is 0.309 e. The first kappa shape index (κ1) is 31.9. The molecule has 4 atom stereocenters. The number of cyclic esters (lactones) is 1. The Morgan fingerprint density at radius 1 is 1.13 bits per heavy atom. The molecule has 0 saturated carbocycles. The van der Waals surface area contributed by atoms with Gasteiger partial charge in [-0.15, -0.1) is 0 Å². The summed E-state index contributed by atoms with van der Waals surface area (Å²) in [6.07, 6.45) is 1.07. The molecule has 2 radical (unpaired) electrons. The Balaban J connectivity index is 0. The van der Waals surface area contributed by atoms with Crippen LogP contribution in [-0.4, -0.2) is 100 Å². The van der Waals surface area contributed by atoms with Gasteiger partial charge in [0.1, 0.15) is 26.4 Å². The summed E-state index contributed by atoms with van der Waals surface area (Å²) in [5.74, 6) is -0.877. The number of esters is 3. The van der Waals surface area contributed by atoms with Crippen LogP contribution in [0.1, 0.15) is 40.0 Å². The van der Waals surface area contributed by atoms with Crippen molar-refractivity contribution in [3.8, 4) is 0 Å². The Morgan fingerprint density at radius 3 is 2.13 bits per heavy atom. The van der Waals surface area contributed by atoms with Crippen molar-refractivity contribution in [1.82, 2.24) is 0 Å². The van der Waals surface area contributed by atoms with E-state index in [-0.39, 0.29) is 50.8 Å². The van der Waals surface area contributed by atoms with E-state index in [0.717, 1.165) is 6.16 Å². The zero-order chi connectivity index (χ0) is 24.1. The Morgan fingerprint density at radius 2 is 1.71 bits per heavy atom. The molecule has 1 rings (SSSR count). The van der Waals surface area contributed by atoms with E-state index in [4.69, 9.17) is 36.7 Å². The lowest BCUT2D eigenvalue weighted by atomic mass is 10.2. The van der Waals surface area contributed by atoms with Crippen molar-refractivity contribution in [2.24, 2.45) is 0 Å². The number of methoxy groups -OCH3 is 1. The van der Waals surface area contributed by atoms with Crippen LogP contribution in [0, 0.1) is 0 Å². The number of aliphatic hydroxyl groups is 2. The monoisotopic (exact) mass is 466 g/mol. The largest absolute Gasteiger partial charge is 0.463 e. The van der Waals surface area contributed by atoms with Gasteiger partial charge >= 0.3 is 17.9 Å². The van der Waals surface area contributed by atoms with E-state index < -0.39 is 18.0 Å². The molecule has 1 aliphatic heterocycles. The highest BCUT2D eigenvalue weighted by molar-refractivity contribution is 7.66. The van der Waals surface area contributed by atoms with E-state index in [1.54, 1.807) is 13.8 Å². The fourth-order valence-electron chi connectivity index (χ4n) is 1.82. The number of hydrogen-bond acceptors (Lipinski definition) is 10. The van der Waals surface area contributed by atoms with E-state index >= 15 is 0 Å². The fraction of sp³-hybridized carbons (Fsp3) is 0.842. The first-order valence-corrected chi connectivity index (χ1v) is 11.3. The van der Waals surface area contributed by atoms with Crippen molar-refractivity contribution < 1.29 is 48.3 Å². The molecule has 1 aliphatic rings. The Bertz CT molecular complexity index is 471. The van der Waals surface area contributed by atoms with E-state index in [9.17, 15) is 14.4 Å². The maximum atomic E-state index is 11.5. The van der Waals surface area contributed by atoms with Gasteiger partial charge in [0.05, 0.1) is 45.2 Å². The molecule has 1 heterocycles. The van der Waals surface area contributed by atoms with Crippen LogP contribution in [0.25, 0.3) is 0 Å². The second-order valence-corrected chi connectivity index (χ2v) is 7.40. The summed E-state index contributed by atoms with van der Waals surface area (Å²) < 4.78 is 24.7. The molecule has 1 fully saturated rings. The Hall–Kier alpha value is -1.26. The van der Waals surface area contributed by atoms with Crippen LogP contribution in [0.4, 0.5) is 0 Å².